The van der Waals surface area contributed by atoms with E-state index in [-0.39, 0.29) is 18.9 Å². The molecule has 24 heavy (non-hydrogen) atoms. The summed E-state index contributed by atoms with van der Waals surface area (Å²) in [4.78, 5) is 26.4. The lowest BCUT2D eigenvalue weighted by Crippen LogP contribution is -2.40. The first-order chi connectivity index (χ1) is 10.9. The summed E-state index contributed by atoms with van der Waals surface area (Å²) in [5, 5.41) is 8.75. The third kappa shape index (κ3) is 3.30. The lowest BCUT2D eigenvalue weighted by atomic mass is 9.70. The molecule has 132 valence electrons. The number of nitrogens with zero attached hydrogens (tertiary/aromatic N) is 1. The van der Waals surface area contributed by atoms with Gasteiger partial charge in [-0.05, 0) is 54.9 Å². The number of carbonyl (C=O) groups excluding carboxylic acids is 2. The molecule has 0 radical (unpaired) electrons. The highest BCUT2D eigenvalue weighted by Crippen LogP contribution is 2.44. The Balaban J connectivity index is 0.00000208. The first-order valence-corrected chi connectivity index (χ1v) is 8.31. The van der Waals surface area contributed by atoms with E-state index in [1.807, 2.05) is 17.0 Å². The Morgan fingerprint density at radius 3 is 2.75 bits per heavy atom. The Labute approximate surface area is 149 Å². The summed E-state index contributed by atoms with van der Waals surface area (Å²) < 4.78 is 0. The van der Waals surface area contributed by atoms with Crippen LogP contribution in [0.15, 0.2) is 18.2 Å². The maximum atomic E-state index is 12.9. The zero-order valence-electron chi connectivity index (χ0n) is 14.3. The van der Waals surface area contributed by atoms with E-state index in [1.54, 1.807) is 11.5 Å². The predicted molar refractivity (Wildman–Crippen MR) is 96.6 cm³/mol. The minimum atomic E-state index is -0.492. The summed E-state index contributed by atoms with van der Waals surface area (Å²) in [5.74, 6) is 0.298. The normalized spacial score (nSPS) is 22.5. The van der Waals surface area contributed by atoms with Crippen molar-refractivity contribution < 1.29 is 14.8 Å². The van der Waals surface area contributed by atoms with Crippen LogP contribution >= 0.6 is 13.5 Å². The van der Waals surface area contributed by atoms with E-state index in [9.17, 15) is 9.59 Å². The topological polar surface area (TPSA) is 69.6 Å². The van der Waals surface area contributed by atoms with Crippen molar-refractivity contribution in [3.05, 3.63) is 34.9 Å². The SMILES string of the molecule is CC(C)CN1CC[C@@]2(CCc3cc(C(=O)NO)ccc3C2)C1=O.S. The number of hydroxylamine groups is 1. The van der Waals surface area contributed by atoms with Crippen molar-refractivity contribution in [2.75, 3.05) is 13.1 Å². The fourth-order valence-electron chi connectivity index (χ4n) is 3.97. The van der Waals surface area contributed by atoms with Crippen LogP contribution in [0.4, 0.5) is 0 Å². The second-order valence-electron chi connectivity index (χ2n) is 7.28. The molecule has 1 aliphatic heterocycles. The van der Waals surface area contributed by atoms with Gasteiger partial charge < -0.3 is 4.90 Å². The zero-order valence-corrected chi connectivity index (χ0v) is 15.3. The molecule has 0 saturated carbocycles. The third-order valence-electron chi connectivity index (χ3n) is 5.16. The molecule has 1 fully saturated rings. The Morgan fingerprint density at radius 2 is 2.08 bits per heavy atom. The smallest absolute Gasteiger partial charge is 0.274 e. The van der Waals surface area contributed by atoms with Gasteiger partial charge in [0, 0.05) is 18.7 Å². The van der Waals surface area contributed by atoms with E-state index >= 15 is 0 Å². The van der Waals surface area contributed by atoms with Crippen LogP contribution in [0.5, 0.6) is 0 Å². The van der Waals surface area contributed by atoms with Crippen molar-refractivity contribution in [3.8, 4) is 0 Å². The van der Waals surface area contributed by atoms with Crippen LogP contribution in [0.1, 0.15) is 48.2 Å². The van der Waals surface area contributed by atoms with Crippen molar-refractivity contribution >= 4 is 25.3 Å². The van der Waals surface area contributed by atoms with E-state index in [2.05, 4.69) is 13.8 Å². The van der Waals surface area contributed by atoms with Gasteiger partial charge >= 0.3 is 0 Å². The van der Waals surface area contributed by atoms with Gasteiger partial charge in [-0.15, -0.1) is 0 Å². The highest BCUT2D eigenvalue weighted by Gasteiger charge is 2.47. The average Bonchev–Trinajstić information content (AvgIpc) is 2.82. The molecule has 1 aliphatic carbocycles. The minimum absolute atomic E-state index is 0. The molecule has 2 N–H and O–H groups in total. The van der Waals surface area contributed by atoms with Gasteiger partial charge in [0.25, 0.3) is 5.91 Å². The molecule has 1 atom stereocenters. The van der Waals surface area contributed by atoms with Gasteiger partial charge in [0.1, 0.15) is 0 Å². The van der Waals surface area contributed by atoms with E-state index in [1.165, 1.54) is 0 Å². The summed E-state index contributed by atoms with van der Waals surface area (Å²) in [6.45, 7) is 5.98. The number of rotatable bonds is 3. The first-order valence-electron chi connectivity index (χ1n) is 8.31. The van der Waals surface area contributed by atoms with Gasteiger partial charge in [-0.25, -0.2) is 5.48 Å². The minimum Gasteiger partial charge on any atom is -0.342 e. The summed E-state index contributed by atoms with van der Waals surface area (Å²) in [5.41, 5.74) is 4.16. The molecule has 2 aliphatic rings. The highest BCUT2D eigenvalue weighted by atomic mass is 32.1. The second kappa shape index (κ2) is 7.15. The van der Waals surface area contributed by atoms with Gasteiger partial charge in [0.15, 0.2) is 0 Å². The molecule has 1 saturated heterocycles. The van der Waals surface area contributed by atoms with Crippen molar-refractivity contribution in [2.24, 2.45) is 11.3 Å². The van der Waals surface area contributed by atoms with E-state index in [0.717, 1.165) is 49.9 Å². The monoisotopic (exact) mass is 350 g/mol. The first kappa shape index (κ1) is 18.8. The summed E-state index contributed by atoms with van der Waals surface area (Å²) in [7, 11) is 0. The molecule has 0 bridgehead atoms. The van der Waals surface area contributed by atoms with Crippen molar-refractivity contribution in [3.63, 3.8) is 0 Å². The molecule has 0 aromatic heterocycles. The van der Waals surface area contributed by atoms with Crippen molar-refractivity contribution in [1.29, 1.82) is 0 Å². The number of benzene rings is 1. The number of amides is 2. The van der Waals surface area contributed by atoms with Crippen LogP contribution in [0.25, 0.3) is 0 Å². The maximum absolute atomic E-state index is 12.9. The molecule has 1 aromatic rings. The molecule has 6 heteroatoms. The third-order valence-corrected chi connectivity index (χ3v) is 5.16. The number of aryl methyl sites for hydroxylation is 1. The summed E-state index contributed by atoms with van der Waals surface area (Å²) in [6.07, 6.45) is 3.34. The Morgan fingerprint density at radius 1 is 1.33 bits per heavy atom. The van der Waals surface area contributed by atoms with Crippen molar-refractivity contribution in [2.45, 2.75) is 39.5 Å². The molecular formula is C18H26N2O3S. The second-order valence-corrected chi connectivity index (χ2v) is 7.28. The Kier molecular flexibility index (Phi) is 5.60. The van der Waals surface area contributed by atoms with E-state index in [4.69, 9.17) is 5.21 Å². The summed E-state index contributed by atoms with van der Waals surface area (Å²) in [6, 6.07) is 5.48. The highest BCUT2D eigenvalue weighted by molar-refractivity contribution is 7.59. The molecular weight excluding hydrogens is 324 g/mol. The van der Waals surface area contributed by atoms with Crippen LogP contribution in [0.2, 0.25) is 0 Å². The molecule has 0 unspecified atom stereocenters. The Hall–Kier alpha value is -1.53. The molecule has 2 amide bonds. The number of hydrogen-bond acceptors (Lipinski definition) is 3. The number of likely N-dealkylation sites (tertiary alicyclic amines) is 1. The fraction of sp³-hybridized carbons (Fsp3) is 0.556. The van der Waals surface area contributed by atoms with Crippen LogP contribution in [-0.2, 0) is 17.6 Å². The van der Waals surface area contributed by atoms with Crippen LogP contribution in [0.3, 0.4) is 0 Å². The zero-order chi connectivity index (χ0) is 16.6. The maximum Gasteiger partial charge on any atom is 0.274 e. The van der Waals surface area contributed by atoms with Gasteiger partial charge in [0.2, 0.25) is 5.91 Å². The number of carbonyl (C=O) groups is 2. The largest absolute Gasteiger partial charge is 0.342 e. The fourth-order valence-corrected chi connectivity index (χ4v) is 3.97. The lowest BCUT2D eigenvalue weighted by Gasteiger charge is -2.33. The van der Waals surface area contributed by atoms with Crippen LogP contribution < -0.4 is 5.48 Å². The van der Waals surface area contributed by atoms with Crippen LogP contribution in [0, 0.1) is 11.3 Å². The Bertz CT molecular complexity index is 647. The molecule has 1 spiro atoms. The standard InChI is InChI=1S/C18H24N2O3.H2S/c1-12(2)11-20-8-7-18(17(20)22)6-5-13-9-14(16(21)19-23)3-4-15(13)10-18;/h3-4,9,12,23H,5-8,10-11H2,1-2H3,(H,19,21);1H2/t18-;/m1./s1. The quantitative estimate of drug-likeness (QED) is 0.649. The van der Waals surface area contributed by atoms with E-state index in [0.29, 0.717) is 17.4 Å². The number of fused-ring (bicyclic) bond motifs is 1. The molecule has 1 heterocycles. The molecule has 5 nitrogen and oxygen atoms in total. The van der Waals surface area contributed by atoms with Crippen molar-refractivity contribution in [1.82, 2.24) is 10.4 Å². The number of nitrogens with one attached hydrogen (secondary N) is 1. The average molecular weight is 350 g/mol. The molecule has 1 aromatic carbocycles. The van der Waals surface area contributed by atoms with Gasteiger partial charge in [-0.1, -0.05) is 19.9 Å². The van der Waals surface area contributed by atoms with Gasteiger partial charge in [0.05, 0.1) is 5.41 Å². The van der Waals surface area contributed by atoms with E-state index < -0.39 is 5.91 Å². The summed E-state index contributed by atoms with van der Waals surface area (Å²) >= 11 is 0. The molecule has 3 rings (SSSR count). The predicted octanol–water partition coefficient (Wildman–Crippen LogP) is 2.28. The lowest BCUT2D eigenvalue weighted by molar-refractivity contribution is -0.137. The number of hydrogen-bond donors (Lipinski definition) is 2. The van der Waals surface area contributed by atoms with Gasteiger partial charge in [-0.2, -0.15) is 13.5 Å². The van der Waals surface area contributed by atoms with Gasteiger partial charge in [-0.3, -0.25) is 14.8 Å². The van der Waals surface area contributed by atoms with Crippen LogP contribution in [-0.4, -0.2) is 35.0 Å².